The molecule has 2 atom stereocenters. The first-order valence-corrected chi connectivity index (χ1v) is 8.34. The summed E-state index contributed by atoms with van der Waals surface area (Å²) in [5.74, 6) is 0.575. The molecule has 2 N–H and O–H groups in total. The van der Waals surface area contributed by atoms with Crippen LogP contribution in [0.3, 0.4) is 0 Å². The highest BCUT2D eigenvalue weighted by molar-refractivity contribution is 7.99. The molecule has 2 aromatic heterocycles. The highest BCUT2D eigenvalue weighted by Crippen LogP contribution is 2.37. The van der Waals surface area contributed by atoms with Crippen LogP contribution in [-0.4, -0.2) is 26.0 Å². The average molecular weight is 288 g/mol. The topological polar surface area (TPSA) is 56.7 Å². The number of pyridine rings is 1. The molecular weight excluding hydrogens is 268 g/mol. The second kappa shape index (κ2) is 5.87. The predicted molar refractivity (Wildman–Crippen MR) is 84.7 cm³/mol. The summed E-state index contributed by atoms with van der Waals surface area (Å²) in [6.45, 7) is 0. The fourth-order valence-corrected chi connectivity index (χ4v) is 3.84. The van der Waals surface area contributed by atoms with Crippen LogP contribution in [0.25, 0.3) is 11.3 Å². The molecule has 0 radical (unpaired) electrons. The summed E-state index contributed by atoms with van der Waals surface area (Å²) in [5.41, 5.74) is 8.08. The SMILES string of the molecule is CSC1CCCC(n2cncc2-c2cccnc2N)C1. The molecular formula is C15H20N4S. The van der Waals surface area contributed by atoms with Crippen LogP contribution in [0.1, 0.15) is 31.7 Å². The van der Waals surface area contributed by atoms with Crippen LogP contribution >= 0.6 is 11.8 Å². The Kier molecular flexibility index (Phi) is 3.96. The lowest BCUT2D eigenvalue weighted by molar-refractivity contribution is 0.363. The minimum atomic E-state index is 0.526. The van der Waals surface area contributed by atoms with Crippen molar-refractivity contribution in [3.05, 3.63) is 30.9 Å². The maximum Gasteiger partial charge on any atom is 0.132 e. The average Bonchev–Trinajstić information content (AvgIpc) is 2.97. The van der Waals surface area contributed by atoms with Gasteiger partial charge in [-0.2, -0.15) is 11.8 Å². The Bertz CT molecular complexity index is 581. The van der Waals surface area contributed by atoms with Gasteiger partial charge in [-0.3, -0.25) is 0 Å². The second-order valence-corrected chi connectivity index (χ2v) is 6.44. The molecule has 106 valence electrons. The Hall–Kier alpha value is -1.49. The highest BCUT2D eigenvalue weighted by atomic mass is 32.2. The van der Waals surface area contributed by atoms with E-state index in [1.165, 1.54) is 25.7 Å². The number of nitrogens with zero attached hydrogens (tertiary/aromatic N) is 3. The molecule has 0 saturated heterocycles. The lowest BCUT2D eigenvalue weighted by atomic mass is 9.94. The number of thioether (sulfide) groups is 1. The zero-order chi connectivity index (χ0) is 13.9. The van der Waals surface area contributed by atoms with Gasteiger partial charge in [-0.05, 0) is 37.7 Å². The van der Waals surface area contributed by atoms with Crippen molar-refractivity contribution in [1.82, 2.24) is 14.5 Å². The number of nitrogens with two attached hydrogens (primary N) is 1. The van der Waals surface area contributed by atoms with Crippen LogP contribution in [0.2, 0.25) is 0 Å². The van der Waals surface area contributed by atoms with Crippen LogP contribution in [0.15, 0.2) is 30.9 Å². The molecule has 20 heavy (non-hydrogen) atoms. The fraction of sp³-hybridized carbons (Fsp3) is 0.467. The predicted octanol–water partition coefficient (Wildman–Crippen LogP) is 3.37. The first-order chi connectivity index (χ1) is 9.79. The molecule has 3 rings (SSSR count). The molecule has 5 heteroatoms. The van der Waals surface area contributed by atoms with Gasteiger partial charge in [-0.15, -0.1) is 0 Å². The molecule has 2 unspecified atom stereocenters. The third kappa shape index (κ3) is 2.54. The molecule has 1 saturated carbocycles. The van der Waals surface area contributed by atoms with Gasteiger partial charge in [0.05, 0.1) is 18.2 Å². The van der Waals surface area contributed by atoms with E-state index in [1.54, 1.807) is 6.20 Å². The van der Waals surface area contributed by atoms with Crippen molar-refractivity contribution in [1.29, 1.82) is 0 Å². The number of rotatable bonds is 3. The molecule has 1 fully saturated rings. The van der Waals surface area contributed by atoms with Gasteiger partial charge in [0.15, 0.2) is 0 Å². The van der Waals surface area contributed by atoms with Crippen molar-refractivity contribution in [2.45, 2.75) is 37.0 Å². The van der Waals surface area contributed by atoms with E-state index < -0.39 is 0 Å². The van der Waals surface area contributed by atoms with Crippen molar-refractivity contribution < 1.29 is 0 Å². The van der Waals surface area contributed by atoms with E-state index in [4.69, 9.17) is 5.73 Å². The zero-order valence-corrected chi connectivity index (χ0v) is 12.5. The largest absolute Gasteiger partial charge is 0.383 e. The molecule has 4 nitrogen and oxygen atoms in total. The van der Waals surface area contributed by atoms with Gasteiger partial charge >= 0.3 is 0 Å². The molecule has 1 aliphatic rings. The van der Waals surface area contributed by atoms with Crippen LogP contribution in [0.5, 0.6) is 0 Å². The van der Waals surface area contributed by atoms with E-state index in [0.29, 0.717) is 11.9 Å². The first-order valence-electron chi connectivity index (χ1n) is 7.05. The second-order valence-electron chi connectivity index (χ2n) is 5.30. The fourth-order valence-electron chi connectivity index (χ4n) is 3.03. The van der Waals surface area contributed by atoms with Crippen molar-refractivity contribution in [2.24, 2.45) is 0 Å². The molecule has 0 aliphatic heterocycles. The van der Waals surface area contributed by atoms with Crippen LogP contribution < -0.4 is 5.73 Å². The van der Waals surface area contributed by atoms with E-state index >= 15 is 0 Å². The first kappa shape index (κ1) is 13.5. The molecule has 0 aromatic carbocycles. The lowest BCUT2D eigenvalue weighted by Gasteiger charge is -2.30. The number of hydrogen-bond acceptors (Lipinski definition) is 4. The number of nitrogen functional groups attached to an aromatic ring is 1. The molecule has 0 spiro atoms. The van der Waals surface area contributed by atoms with Crippen molar-refractivity contribution in [3.63, 3.8) is 0 Å². The Morgan fingerprint density at radius 3 is 3.10 bits per heavy atom. The van der Waals surface area contributed by atoms with Crippen LogP contribution in [0.4, 0.5) is 5.82 Å². The van der Waals surface area contributed by atoms with E-state index in [9.17, 15) is 0 Å². The highest BCUT2D eigenvalue weighted by Gasteiger charge is 2.24. The van der Waals surface area contributed by atoms with Crippen LogP contribution in [0, 0.1) is 0 Å². The van der Waals surface area contributed by atoms with Gasteiger partial charge in [0, 0.05) is 23.1 Å². The summed E-state index contributed by atoms with van der Waals surface area (Å²) >= 11 is 1.98. The smallest absolute Gasteiger partial charge is 0.132 e. The minimum absolute atomic E-state index is 0.526. The van der Waals surface area contributed by atoms with E-state index in [1.807, 2.05) is 36.4 Å². The summed E-state index contributed by atoms with van der Waals surface area (Å²) in [6.07, 6.45) is 12.8. The third-order valence-corrected chi connectivity index (χ3v) is 5.20. The molecule has 2 heterocycles. The molecule has 0 amide bonds. The summed E-state index contributed by atoms with van der Waals surface area (Å²) in [4.78, 5) is 8.52. The number of imidazole rings is 1. The Balaban J connectivity index is 1.92. The summed E-state index contributed by atoms with van der Waals surface area (Å²) in [6, 6.07) is 4.47. The van der Waals surface area contributed by atoms with Gasteiger partial charge in [0.1, 0.15) is 5.82 Å². The maximum atomic E-state index is 6.01. The van der Waals surface area contributed by atoms with E-state index in [-0.39, 0.29) is 0 Å². The monoisotopic (exact) mass is 288 g/mol. The number of anilines is 1. The quantitative estimate of drug-likeness (QED) is 0.940. The van der Waals surface area contributed by atoms with Crippen molar-refractivity contribution >= 4 is 17.6 Å². The summed E-state index contributed by atoms with van der Waals surface area (Å²) in [5, 5.41) is 0.759. The van der Waals surface area contributed by atoms with Crippen molar-refractivity contribution in [3.8, 4) is 11.3 Å². The Morgan fingerprint density at radius 1 is 1.40 bits per heavy atom. The molecule has 0 bridgehead atoms. The number of hydrogen-bond donors (Lipinski definition) is 1. The summed E-state index contributed by atoms with van der Waals surface area (Å²) in [7, 11) is 0. The van der Waals surface area contributed by atoms with Gasteiger partial charge in [-0.25, -0.2) is 9.97 Å². The third-order valence-electron chi connectivity index (χ3n) is 4.11. The van der Waals surface area contributed by atoms with E-state index in [0.717, 1.165) is 16.5 Å². The Labute approximate surface area is 123 Å². The minimum Gasteiger partial charge on any atom is -0.383 e. The standard InChI is InChI=1S/C15H20N4S/c1-20-12-5-2-4-11(8-12)19-10-17-9-14(19)13-6-3-7-18-15(13)16/h3,6-7,9-12H,2,4-5,8H2,1H3,(H2,16,18). The lowest BCUT2D eigenvalue weighted by Crippen LogP contribution is -2.20. The zero-order valence-electron chi connectivity index (χ0n) is 11.7. The van der Waals surface area contributed by atoms with Gasteiger partial charge in [0.25, 0.3) is 0 Å². The summed E-state index contributed by atoms with van der Waals surface area (Å²) < 4.78 is 2.29. The molecule has 1 aliphatic carbocycles. The van der Waals surface area contributed by atoms with Gasteiger partial charge in [0.2, 0.25) is 0 Å². The number of aromatic nitrogens is 3. The Morgan fingerprint density at radius 2 is 2.30 bits per heavy atom. The van der Waals surface area contributed by atoms with Crippen molar-refractivity contribution in [2.75, 3.05) is 12.0 Å². The van der Waals surface area contributed by atoms with Gasteiger partial charge < -0.3 is 10.3 Å². The van der Waals surface area contributed by atoms with Crippen LogP contribution in [-0.2, 0) is 0 Å². The van der Waals surface area contributed by atoms with E-state index in [2.05, 4.69) is 20.8 Å². The van der Waals surface area contributed by atoms with Gasteiger partial charge in [-0.1, -0.05) is 6.42 Å². The maximum absolute atomic E-state index is 6.01. The normalized spacial score (nSPS) is 22.9. The molecule has 2 aromatic rings.